The minimum atomic E-state index is 1.04. The predicted molar refractivity (Wildman–Crippen MR) is 79.4 cm³/mol. The minimum absolute atomic E-state index is 1.04. The average Bonchev–Trinajstić information content (AvgIpc) is 3.07. The molecule has 1 N–H and O–H groups in total. The molecule has 1 aliphatic rings. The third-order valence-electron chi connectivity index (χ3n) is 3.76. The molecule has 4 nitrogen and oxygen atoms in total. The Morgan fingerprint density at radius 1 is 1.21 bits per heavy atom. The third-order valence-corrected chi connectivity index (χ3v) is 3.76. The van der Waals surface area contributed by atoms with Gasteiger partial charge in [0.2, 0.25) is 0 Å². The first-order valence-electron chi connectivity index (χ1n) is 7.82. The summed E-state index contributed by atoms with van der Waals surface area (Å²) in [5.74, 6) is 0. The van der Waals surface area contributed by atoms with Gasteiger partial charge >= 0.3 is 0 Å². The van der Waals surface area contributed by atoms with Crippen molar-refractivity contribution in [1.29, 1.82) is 0 Å². The van der Waals surface area contributed by atoms with Crippen LogP contribution in [0.4, 0.5) is 0 Å². The molecule has 0 aromatic carbocycles. The van der Waals surface area contributed by atoms with Crippen LogP contribution in [-0.2, 0) is 13.0 Å². The van der Waals surface area contributed by atoms with E-state index in [1.807, 2.05) is 6.33 Å². The highest BCUT2D eigenvalue weighted by Crippen LogP contribution is 2.08. The first-order valence-corrected chi connectivity index (χ1v) is 7.82. The summed E-state index contributed by atoms with van der Waals surface area (Å²) in [5, 5.41) is 3.42. The summed E-state index contributed by atoms with van der Waals surface area (Å²) in [5.41, 5.74) is 1.21. The zero-order chi connectivity index (χ0) is 13.3. The van der Waals surface area contributed by atoms with E-state index in [2.05, 4.69) is 32.9 Å². The lowest BCUT2D eigenvalue weighted by atomic mass is 10.3. The second kappa shape index (κ2) is 8.33. The Morgan fingerprint density at radius 3 is 2.84 bits per heavy atom. The van der Waals surface area contributed by atoms with Gasteiger partial charge in [0.25, 0.3) is 0 Å². The summed E-state index contributed by atoms with van der Waals surface area (Å²) in [6.45, 7) is 9.30. The Balaban J connectivity index is 1.60. The van der Waals surface area contributed by atoms with Gasteiger partial charge in [-0.1, -0.05) is 6.92 Å². The molecule has 4 heteroatoms. The Bertz CT molecular complexity index is 342. The summed E-state index contributed by atoms with van der Waals surface area (Å²) < 4.78 is 2.24. The summed E-state index contributed by atoms with van der Waals surface area (Å²) in [7, 11) is 0. The van der Waals surface area contributed by atoms with Crippen molar-refractivity contribution in [2.45, 2.75) is 45.6 Å². The number of nitrogens with zero attached hydrogens (tertiary/aromatic N) is 3. The van der Waals surface area contributed by atoms with Crippen molar-refractivity contribution in [1.82, 2.24) is 19.8 Å². The van der Waals surface area contributed by atoms with E-state index in [-0.39, 0.29) is 0 Å². The van der Waals surface area contributed by atoms with Crippen LogP contribution in [-0.4, -0.2) is 47.2 Å². The number of rotatable bonds is 9. The molecule has 0 saturated carbocycles. The van der Waals surface area contributed by atoms with Crippen LogP contribution in [0.25, 0.3) is 0 Å². The predicted octanol–water partition coefficient (Wildman–Crippen LogP) is 1.91. The van der Waals surface area contributed by atoms with E-state index < -0.39 is 0 Å². The van der Waals surface area contributed by atoms with Crippen molar-refractivity contribution in [3.8, 4) is 0 Å². The monoisotopic (exact) mass is 264 g/mol. The number of hydrogen-bond donors (Lipinski definition) is 1. The first-order chi connectivity index (χ1) is 9.38. The fraction of sp³-hybridized carbons (Fsp3) is 0.800. The molecule has 1 aliphatic heterocycles. The van der Waals surface area contributed by atoms with Gasteiger partial charge in [-0.05, 0) is 51.9 Å². The first kappa shape index (κ1) is 14.5. The van der Waals surface area contributed by atoms with Crippen LogP contribution in [0.3, 0.4) is 0 Å². The van der Waals surface area contributed by atoms with Gasteiger partial charge in [-0.15, -0.1) is 0 Å². The molecule has 0 unspecified atom stereocenters. The fourth-order valence-corrected chi connectivity index (χ4v) is 2.66. The normalized spacial score (nSPS) is 16.3. The van der Waals surface area contributed by atoms with Gasteiger partial charge < -0.3 is 14.8 Å². The largest absolute Gasteiger partial charge is 0.337 e. The fourth-order valence-electron chi connectivity index (χ4n) is 2.66. The van der Waals surface area contributed by atoms with Gasteiger partial charge in [0, 0.05) is 25.7 Å². The minimum Gasteiger partial charge on any atom is -0.337 e. The summed E-state index contributed by atoms with van der Waals surface area (Å²) in [6, 6.07) is 0. The summed E-state index contributed by atoms with van der Waals surface area (Å²) in [4.78, 5) is 7.05. The molecule has 1 saturated heterocycles. The maximum Gasteiger partial charge on any atom is 0.0949 e. The molecule has 0 spiro atoms. The Labute approximate surface area is 117 Å². The number of imidazole rings is 1. The van der Waals surface area contributed by atoms with Gasteiger partial charge in [0.05, 0.1) is 12.0 Å². The van der Waals surface area contributed by atoms with E-state index in [4.69, 9.17) is 0 Å². The van der Waals surface area contributed by atoms with Crippen molar-refractivity contribution in [3.63, 3.8) is 0 Å². The maximum absolute atomic E-state index is 4.47. The summed E-state index contributed by atoms with van der Waals surface area (Å²) in [6.07, 6.45) is 10.4. The van der Waals surface area contributed by atoms with E-state index in [9.17, 15) is 0 Å². The molecule has 1 fully saturated rings. The van der Waals surface area contributed by atoms with E-state index in [1.165, 1.54) is 51.0 Å². The van der Waals surface area contributed by atoms with Gasteiger partial charge in [0.1, 0.15) is 0 Å². The molecule has 2 heterocycles. The molecular weight excluding hydrogens is 236 g/mol. The summed E-state index contributed by atoms with van der Waals surface area (Å²) >= 11 is 0. The molecule has 0 bridgehead atoms. The van der Waals surface area contributed by atoms with Crippen molar-refractivity contribution in [3.05, 3.63) is 18.2 Å². The second-order valence-corrected chi connectivity index (χ2v) is 5.51. The Kier molecular flexibility index (Phi) is 6.37. The standard InChI is InChI=1S/C15H28N4/c1-2-7-16-8-6-15-13-19(14-17-15)12-5-11-18-9-3-4-10-18/h13-14,16H,2-12H2,1H3. The molecule has 108 valence electrons. The van der Waals surface area contributed by atoms with Crippen LogP contribution in [0.5, 0.6) is 0 Å². The van der Waals surface area contributed by atoms with Crippen molar-refractivity contribution < 1.29 is 0 Å². The average molecular weight is 264 g/mol. The SMILES string of the molecule is CCCNCCc1cn(CCCN2CCCC2)cn1. The third kappa shape index (κ3) is 5.33. The quantitative estimate of drug-likeness (QED) is 0.692. The number of likely N-dealkylation sites (tertiary alicyclic amines) is 1. The molecule has 19 heavy (non-hydrogen) atoms. The highest BCUT2D eigenvalue weighted by atomic mass is 15.1. The van der Waals surface area contributed by atoms with Crippen LogP contribution in [0.1, 0.15) is 38.3 Å². The van der Waals surface area contributed by atoms with E-state index in [0.717, 1.165) is 26.1 Å². The number of aryl methyl sites for hydroxylation is 1. The lowest BCUT2D eigenvalue weighted by molar-refractivity contribution is 0.325. The molecule has 1 aromatic heterocycles. The Hall–Kier alpha value is -0.870. The smallest absolute Gasteiger partial charge is 0.0949 e. The molecule has 2 rings (SSSR count). The van der Waals surface area contributed by atoms with Crippen LogP contribution >= 0.6 is 0 Å². The molecule has 0 amide bonds. The van der Waals surface area contributed by atoms with Crippen LogP contribution in [0.2, 0.25) is 0 Å². The number of nitrogens with one attached hydrogen (secondary N) is 1. The molecule has 0 atom stereocenters. The van der Waals surface area contributed by atoms with Crippen molar-refractivity contribution in [2.24, 2.45) is 0 Å². The van der Waals surface area contributed by atoms with E-state index >= 15 is 0 Å². The topological polar surface area (TPSA) is 33.1 Å². The number of hydrogen-bond acceptors (Lipinski definition) is 3. The lowest BCUT2D eigenvalue weighted by Gasteiger charge is -2.13. The lowest BCUT2D eigenvalue weighted by Crippen LogP contribution is -2.21. The maximum atomic E-state index is 4.47. The van der Waals surface area contributed by atoms with Gasteiger partial charge in [0.15, 0.2) is 0 Å². The van der Waals surface area contributed by atoms with E-state index in [0.29, 0.717) is 0 Å². The van der Waals surface area contributed by atoms with E-state index in [1.54, 1.807) is 0 Å². The molecular formula is C15H28N4. The van der Waals surface area contributed by atoms with Crippen molar-refractivity contribution in [2.75, 3.05) is 32.7 Å². The van der Waals surface area contributed by atoms with Crippen molar-refractivity contribution >= 4 is 0 Å². The highest BCUT2D eigenvalue weighted by Gasteiger charge is 2.10. The second-order valence-electron chi connectivity index (χ2n) is 5.51. The zero-order valence-electron chi connectivity index (χ0n) is 12.3. The molecule has 1 aromatic rings. The molecule has 0 radical (unpaired) electrons. The van der Waals surface area contributed by atoms with Crippen LogP contribution in [0, 0.1) is 0 Å². The number of aromatic nitrogens is 2. The Morgan fingerprint density at radius 2 is 2.05 bits per heavy atom. The van der Waals surface area contributed by atoms with Gasteiger partial charge in [-0.3, -0.25) is 0 Å². The van der Waals surface area contributed by atoms with Gasteiger partial charge in [-0.25, -0.2) is 4.98 Å². The van der Waals surface area contributed by atoms with Gasteiger partial charge in [-0.2, -0.15) is 0 Å². The zero-order valence-corrected chi connectivity index (χ0v) is 12.3. The molecule has 0 aliphatic carbocycles. The highest BCUT2D eigenvalue weighted by molar-refractivity contribution is 4.97. The van der Waals surface area contributed by atoms with Crippen LogP contribution < -0.4 is 5.32 Å². The van der Waals surface area contributed by atoms with Crippen LogP contribution in [0.15, 0.2) is 12.5 Å².